The molecule has 0 spiro atoms. The number of nitrogens with zero attached hydrogens (tertiary/aromatic N) is 2. The van der Waals surface area contributed by atoms with Crippen LogP contribution in [0.1, 0.15) is 48.3 Å². The minimum absolute atomic E-state index is 0. The van der Waals surface area contributed by atoms with Gasteiger partial charge in [0.05, 0.1) is 25.4 Å². The molecule has 2 rings (SSSR count). The van der Waals surface area contributed by atoms with Gasteiger partial charge in [-0.2, -0.15) is 0 Å². The Balaban J connectivity index is 0.00000392. The molecule has 0 saturated carbocycles. The molecule has 0 aliphatic carbocycles. The summed E-state index contributed by atoms with van der Waals surface area (Å²) in [7, 11) is 3.09. The van der Waals surface area contributed by atoms with Crippen molar-refractivity contribution in [1.29, 1.82) is 0 Å². The summed E-state index contributed by atoms with van der Waals surface area (Å²) in [6.45, 7) is 7.43. The lowest BCUT2D eigenvalue weighted by molar-refractivity contribution is 0.0600. The molecular weight excluding hydrogens is 471 g/mol. The number of oxazole rings is 1. The molecule has 0 bridgehead atoms. The third kappa shape index (κ3) is 7.14. The Morgan fingerprint density at radius 1 is 1.21 bits per heavy atom. The molecule has 1 aromatic heterocycles. The van der Waals surface area contributed by atoms with Gasteiger partial charge in [0.2, 0.25) is 5.89 Å². The first-order chi connectivity index (χ1) is 12.8. The zero-order chi connectivity index (χ0) is 19.9. The normalized spacial score (nSPS) is 11.5. The molecule has 2 N–H and O–H groups in total. The van der Waals surface area contributed by atoms with Gasteiger partial charge in [-0.1, -0.05) is 32.9 Å². The zero-order valence-corrected chi connectivity index (χ0v) is 19.4. The maximum Gasteiger partial charge on any atom is 0.337 e. The average Bonchev–Trinajstić information content (AvgIpc) is 3.14. The van der Waals surface area contributed by atoms with Gasteiger partial charge >= 0.3 is 5.97 Å². The highest BCUT2D eigenvalue weighted by atomic mass is 127. The second-order valence-corrected chi connectivity index (χ2v) is 7.16. The lowest BCUT2D eigenvalue weighted by atomic mass is 9.94. The van der Waals surface area contributed by atoms with Crippen molar-refractivity contribution < 1.29 is 13.9 Å². The first-order valence-corrected chi connectivity index (χ1v) is 8.90. The topological polar surface area (TPSA) is 88.8 Å². The van der Waals surface area contributed by atoms with Crippen molar-refractivity contribution >= 4 is 35.9 Å². The molecule has 0 saturated heterocycles. The number of guanidine groups is 1. The fourth-order valence-corrected chi connectivity index (χ4v) is 2.37. The molecule has 0 fully saturated rings. The third-order valence-corrected chi connectivity index (χ3v) is 4.00. The Morgan fingerprint density at radius 2 is 1.89 bits per heavy atom. The quantitative estimate of drug-likeness (QED) is 0.274. The van der Waals surface area contributed by atoms with Crippen molar-refractivity contribution in [2.75, 3.05) is 20.7 Å². The minimum atomic E-state index is -0.328. The van der Waals surface area contributed by atoms with Crippen molar-refractivity contribution in [3.8, 4) is 0 Å². The van der Waals surface area contributed by atoms with Gasteiger partial charge in [-0.3, -0.25) is 4.99 Å². The van der Waals surface area contributed by atoms with Crippen LogP contribution in [0.5, 0.6) is 0 Å². The van der Waals surface area contributed by atoms with Gasteiger partial charge in [-0.05, 0) is 24.1 Å². The van der Waals surface area contributed by atoms with E-state index in [1.807, 2.05) is 12.1 Å². The van der Waals surface area contributed by atoms with E-state index in [0.29, 0.717) is 30.5 Å². The lowest BCUT2D eigenvalue weighted by Gasteiger charge is -2.13. The predicted molar refractivity (Wildman–Crippen MR) is 120 cm³/mol. The molecule has 0 aliphatic rings. The van der Waals surface area contributed by atoms with Crippen molar-refractivity contribution in [1.82, 2.24) is 15.6 Å². The molecule has 1 aromatic carbocycles. The zero-order valence-electron chi connectivity index (χ0n) is 17.0. The SMILES string of the molecule is CN=C(NCCc1ccc(C(=O)OC)cc1)NCc1ncc(C(C)(C)C)o1.I. The molecule has 0 atom stereocenters. The number of aliphatic imine (C=N–C) groups is 1. The predicted octanol–water partition coefficient (Wildman–Crippen LogP) is 3.28. The number of rotatable bonds is 6. The summed E-state index contributed by atoms with van der Waals surface area (Å²) in [5, 5.41) is 6.44. The van der Waals surface area contributed by atoms with Crippen LogP contribution < -0.4 is 10.6 Å². The highest BCUT2D eigenvalue weighted by molar-refractivity contribution is 14.0. The van der Waals surface area contributed by atoms with Gasteiger partial charge in [-0.25, -0.2) is 9.78 Å². The number of carbonyl (C=O) groups excluding carboxylic acids is 1. The highest BCUT2D eigenvalue weighted by Crippen LogP contribution is 2.22. The number of nitrogens with one attached hydrogen (secondary N) is 2. The van der Waals surface area contributed by atoms with Crippen LogP contribution in [-0.4, -0.2) is 37.6 Å². The fraction of sp³-hybridized carbons (Fsp3) is 0.450. The third-order valence-electron chi connectivity index (χ3n) is 4.00. The van der Waals surface area contributed by atoms with Crippen molar-refractivity contribution in [3.63, 3.8) is 0 Å². The number of ether oxygens (including phenoxy) is 1. The number of esters is 1. The molecule has 2 aromatic rings. The number of methoxy groups -OCH3 is 1. The van der Waals surface area contributed by atoms with E-state index in [1.54, 1.807) is 25.4 Å². The van der Waals surface area contributed by atoms with E-state index in [4.69, 9.17) is 9.15 Å². The summed E-state index contributed by atoms with van der Waals surface area (Å²) in [6, 6.07) is 7.38. The number of halogens is 1. The molecular formula is C20H29IN4O3. The Morgan fingerprint density at radius 3 is 2.43 bits per heavy atom. The van der Waals surface area contributed by atoms with Crippen molar-refractivity contribution in [2.45, 2.75) is 39.2 Å². The molecule has 8 heteroatoms. The summed E-state index contributed by atoms with van der Waals surface area (Å²) in [5.41, 5.74) is 1.61. The Kier molecular flexibility index (Phi) is 9.44. The van der Waals surface area contributed by atoms with Gasteiger partial charge in [0.15, 0.2) is 5.96 Å². The number of hydrogen-bond acceptors (Lipinski definition) is 5. The van der Waals surface area contributed by atoms with Crippen LogP contribution in [-0.2, 0) is 23.1 Å². The minimum Gasteiger partial charge on any atom is -0.465 e. The molecule has 1 heterocycles. The monoisotopic (exact) mass is 500 g/mol. The fourth-order valence-electron chi connectivity index (χ4n) is 2.37. The number of aromatic nitrogens is 1. The Bertz CT molecular complexity index is 779. The summed E-state index contributed by atoms with van der Waals surface area (Å²) in [6.07, 6.45) is 2.57. The second kappa shape index (κ2) is 11.0. The van der Waals surface area contributed by atoms with E-state index in [9.17, 15) is 4.79 Å². The van der Waals surface area contributed by atoms with Crippen LogP contribution in [0.3, 0.4) is 0 Å². The van der Waals surface area contributed by atoms with Gasteiger partial charge in [-0.15, -0.1) is 24.0 Å². The first-order valence-electron chi connectivity index (χ1n) is 8.90. The highest BCUT2D eigenvalue weighted by Gasteiger charge is 2.19. The largest absolute Gasteiger partial charge is 0.465 e. The van der Waals surface area contributed by atoms with Crippen LogP contribution >= 0.6 is 24.0 Å². The maximum atomic E-state index is 11.4. The Hall–Kier alpha value is -2.10. The molecule has 0 unspecified atom stereocenters. The van der Waals surface area contributed by atoms with Gasteiger partial charge in [0.25, 0.3) is 0 Å². The number of hydrogen-bond donors (Lipinski definition) is 2. The van der Waals surface area contributed by atoms with E-state index in [1.165, 1.54) is 7.11 Å². The first kappa shape index (κ1) is 23.9. The van der Waals surface area contributed by atoms with Crippen molar-refractivity contribution in [3.05, 3.63) is 53.2 Å². The van der Waals surface area contributed by atoms with Crippen LogP contribution in [0.25, 0.3) is 0 Å². The average molecular weight is 500 g/mol. The smallest absolute Gasteiger partial charge is 0.337 e. The van der Waals surface area contributed by atoms with Crippen LogP contribution in [0.4, 0.5) is 0 Å². The van der Waals surface area contributed by atoms with Crippen LogP contribution in [0.2, 0.25) is 0 Å². The molecule has 7 nitrogen and oxygen atoms in total. The standard InChI is InChI=1S/C20H28N4O3.HI/c1-20(2,3)16-12-23-17(27-16)13-24-19(21-4)22-11-10-14-6-8-15(9-7-14)18(25)26-5;/h6-9,12H,10-11,13H2,1-5H3,(H2,21,22,24);1H. The Labute approximate surface area is 183 Å². The maximum absolute atomic E-state index is 11.4. The van der Waals surface area contributed by atoms with E-state index in [2.05, 4.69) is 41.4 Å². The number of benzene rings is 1. The lowest BCUT2D eigenvalue weighted by Crippen LogP contribution is -2.37. The molecule has 28 heavy (non-hydrogen) atoms. The summed E-state index contributed by atoms with van der Waals surface area (Å²) in [5.74, 6) is 1.83. The summed E-state index contributed by atoms with van der Waals surface area (Å²) < 4.78 is 10.5. The molecule has 154 valence electrons. The van der Waals surface area contributed by atoms with Crippen LogP contribution in [0, 0.1) is 0 Å². The number of carbonyl (C=O) groups is 1. The van der Waals surface area contributed by atoms with Gasteiger partial charge < -0.3 is 19.8 Å². The summed E-state index contributed by atoms with van der Waals surface area (Å²) >= 11 is 0. The van der Waals surface area contributed by atoms with Gasteiger partial charge in [0, 0.05) is 19.0 Å². The van der Waals surface area contributed by atoms with Crippen LogP contribution in [0.15, 0.2) is 39.9 Å². The van der Waals surface area contributed by atoms with E-state index in [-0.39, 0.29) is 35.4 Å². The molecule has 0 radical (unpaired) electrons. The van der Waals surface area contributed by atoms with E-state index in [0.717, 1.165) is 17.7 Å². The van der Waals surface area contributed by atoms with E-state index >= 15 is 0 Å². The second-order valence-electron chi connectivity index (χ2n) is 7.16. The van der Waals surface area contributed by atoms with E-state index < -0.39 is 0 Å². The molecule has 0 aliphatic heterocycles. The summed E-state index contributed by atoms with van der Waals surface area (Å²) in [4.78, 5) is 19.9. The molecule has 0 amide bonds. The van der Waals surface area contributed by atoms with Crippen molar-refractivity contribution in [2.24, 2.45) is 4.99 Å². The van der Waals surface area contributed by atoms with Gasteiger partial charge in [0.1, 0.15) is 5.76 Å².